The molecule has 5 nitrogen and oxygen atoms in total. The first-order chi connectivity index (χ1) is 11.3. The van der Waals surface area contributed by atoms with E-state index in [2.05, 4.69) is 15.6 Å². The minimum atomic E-state index is -0.112. The fourth-order valence-electron chi connectivity index (χ4n) is 2.18. The van der Waals surface area contributed by atoms with E-state index in [9.17, 15) is 4.79 Å². The van der Waals surface area contributed by atoms with Gasteiger partial charge in [-0.2, -0.15) is 0 Å². The maximum atomic E-state index is 11.6. The Labute approximate surface area is 136 Å². The first-order valence-electron chi connectivity index (χ1n) is 7.82. The van der Waals surface area contributed by atoms with Crippen molar-refractivity contribution in [1.82, 2.24) is 10.3 Å². The Bertz CT molecular complexity index is 647. The molecule has 23 heavy (non-hydrogen) atoms. The van der Waals surface area contributed by atoms with Crippen LogP contribution in [0.25, 0.3) is 0 Å². The van der Waals surface area contributed by atoms with Crippen molar-refractivity contribution in [3.63, 3.8) is 0 Å². The van der Waals surface area contributed by atoms with Gasteiger partial charge in [0, 0.05) is 31.0 Å². The quantitative estimate of drug-likeness (QED) is 0.696. The second-order valence-electron chi connectivity index (χ2n) is 5.19. The first-order valence-corrected chi connectivity index (χ1v) is 7.82. The van der Waals surface area contributed by atoms with E-state index in [-0.39, 0.29) is 5.43 Å². The fourth-order valence-corrected chi connectivity index (χ4v) is 2.18. The summed E-state index contributed by atoms with van der Waals surface area (Å²) in [5, 5.41) is 6.70. The number of rotatable bonds is 9. The van der Waals surface area contributed by atoms with Crippen LogP contribution in [0.2, 0.25) is 0 Å². The lowest BCUT2D eigenvalue weighted by Crippen LogP contribution is -2.16. The van der Waals surface area contributed by atoms with Crippen molar-refractivity contribution in [2.24, 2.45) is 0 Å². The van der Waals surface area contributed by atoms with Gasteiger partial charge in [0.05, 0.1) is 12.8 Å². The molecule has 0 bridgehead atoms. The van der Waals surface area contributed by atoms with E-state index in [0.29, 0.717) is 5.75 Å². The van der Waals surface area contributed by atoms with Crippen LogP contribution in [0.3, 0.4) is 0 Å². The summed E-state index contributed by atoms with van der Waals surface area (Å²) < 4.78 is 5.08. The van der Waals surface area contributed by atoms with Gasteiger partial charge in [-0.25, -0.2) is 0 Å². The third kappa shape index (κ3) is 6.08. The second-order valence-corrected chi connectivity index (χ2v) is 5.19. The summed E-state index contributed by atoms with van der Waals surface area (Å²) in [5.74, 6) is 0.356. The molecule has 0 spiro atoms. The summed E-state index contributed by atoms with van der Waals surface area (Å²) in [7, 11) is 1.51. The number of methoxy groups -OCH3 is 1. The summed E-state index contributed by atoms with van der Waals surface area (Å²) in [6.45, 7) is 2.60. The molecule has 0 aliphatic rings. The zero-order chi connectivity index (χ0) is 16.3. The number of hydrogen-bond donors (Lipinski definition) is 2. The van der Waals surface area contributed by atoms with Gasteiger partial charge >= 0.3 is 0 Å². The van der Waals surface area contributed by atoms with Crippen LogP contribution in [0.1, 0.15) is 18.5 Å². The number of anilines is 1. The van der Waals surface area contributed by atoms with Crippen LogP contribution in [0.15, 0.2) is 53.5 Å². The summed E-state index contributed by atoms with van der Waals surface area (Å²) in [6.07, 6.45) is 3.92. The van der Waals surface area contributed by atoms with Crippen LogP contribution < -0.4 is 20.8 Å². The molecule has 122 valence electrons. The smallest absolute Gasteiger partial charge is 0.220 e. The lowest BCUT2D eigenvalue weighted by Gasteiger charge is -2.06. The van der Waals surface area contributed by atoms with Crippen LogP contribution in [0.4, 0.5) is 5.69 Å². The summed E-state index contributed by atoms with van der Waals surface area (Å²) >= 11 is 0. The first kappa shape index (κ1) is 17.0. The Hall–Kier alpha value is -2.40. The number of aromatic nitrogens is 1. The zero-order valence-corrected chi connectivity index (χ0v) is 13.4. The van der Waals surface area contributed by atoms with Crippen molar-refractivity contribution >= 4 is 5.69 Å². The van der Waals surface area contributed by atoms with Gasteiger partial charge in [0.1, 0.15) is 0 Å². The predicted molar refractivity (Wildman–Crippen MR) is 92.9 cm³/mol. The third-order valence-corrected chi connectivity index (χ3v) is 3.41. The lowest BCUT2D eigenvalue weighted by atomic mass is 10.3. The Kier molecular flexibility index (Phi) is 7.07. The molecule has 0 fully saturated rings. The second kappa shape index (κ2) is 9.58. The van der Waals surface area contributed by atoms with E-state index in [4.69, 9.17) is 4.74 Å². The molecule has 0 amide bonds. The summed E-state index contributed by atoms with van der Waals surface area (Å²) in [4.78, 5) is 15.9. The van der Waals surface area contributed by atoms with Crippen LogP contribution >= 0.6 is 0 Å². The zero-order valence-electron chi connectivity index (χ0n) is 13.4. The van der Waals surface area contributed by atoms with Crippen molar-refractivity contribution in [2.75, 3.05) is 25.5 Å². The highest BCUT2D eigenvalue weighted by atomic mass is 16.5. The van der Waals surface area contributed by atoms with Crippen molar-refractivity contribution in [3.8, 4) is 5.75 Å². The summed E-state index contributed by atoms with van der Waals surface area (Å²) in [6, 6.07) is 12.8. The van der Waals surface area contributed by atoms with Gasteiger partial charge < -0.3 is 15.4 Å². The van der Waals surface area contributed by atoms with Crippen LogP contribution in [0.5, 0.6) is 5.75 Å². The Morgan fingerprint density at radius 2 is 1.96 bits per heavy atom. The Balaban J connectivity index is 1.64. The highest BCUT2D eigenvalue weighted by Gasteiger charge is 1.98. The van der Waals surface area contributed by atoms with Gasteiger partial charge in [-0.15, -0.1) is 0 Å². The number of pyridine rings is 1. The molecular weight excluding hydrogens is 290 g/mol. The lowest BCUT2D eigenvalue weighted by molar-refractivity contribution is 0.411. The standard InChI is InChI=1S/C18H23N3O2/c1-23-18-13-15(8-6-9-17(18)22)20-12-5-4-10-19-14-16-7-2-3-11-21-16/h2-3,6-9,11,13,19-20H,4-5,10,12,14H2,1H3. The summed E-state index contributed by atoms with van der Waals surface area (Å²) in [5.41, 5.74) is 1.84. The molecule has 2 rings (SSSR count). The van der Waals surface area contributed by atoms with Gasteiger partial charge in [-0.1, -0.05) is 12.1 Å². The average Bonchev–Trinajstić information content (AvgIpc) is 2.76. The van der Waals surface area contributed by atoms with E-state index in [1.807, 2.05) is 30.5 Å². The fraction of sp³-hybridized carbons (Fsp3) is 0.333. The molecule has 0 aliphatic carbocycles. The molecule has 5 heteroatoms. The largest absolute Gasteiger partial charge is 0.493 e. The Morgan fingerprint density at radius 3 is 2.74 bits per heavy atom. The molecule has 2 N–H and O–H groups in total. The molecular formula is C18H23N3O2. The van der Waals surface area contributed by atoms with Crippen molar-refractivity contribution in [1.29, 1.82) is 0 Å². The highest BCUT2D eigenvalue weighted by Crippen LogP contribution is 2.11. The SMILES string of the molecule is COc1cc(NCCCCNCc2ccccn2)cccc1=O. The number of nitrogens with zero attached hydrogens (tertiary/aromatic N) is 1. The van der Waals surface area contributed by atoms with Gasteiger partial charge in [-0.3, -0.25) is 9.78 Å². The molecule has 0 atom stereocenters. The van der Waals surface area contributed by atoms with Crippen molar-refractivity contribution in [2.45, 2.75) is 19.4 Å². The predicted octanol–water partition coefficient (Wildman–Crippen LogP) is 2.43. The van der Waals surface area contributed by atoms with E-state index in [1.54, 1.807) is 12.1 Å². The molecule has 1 aromatic carbocycles. The van der Waals surface area contributed by atoms with Gasteiger partial charge in [0.15, 0.2) is 5.75 Å². The van der Waals surface area contributed by atoms with Crippen LogP contribution in [0, 0.1) is 0 Å². The minimum absolute atomic E-state index is 0.112. The number of ether oxygens (including phenoxy) is 1. The molecule has 0 unspecified atom stereocenters. The van der Waals surface area contributed by atoms with Gasteiger partial charge in [-0.05, 0) is 43.7 Å². The molecule has 0 saturated carbocycles. The van der Waals surface area contributed by atoms with E-state index >= 15 is 0 Å². The van der Waals surface area contributed by atoms with Gasteiger partial charge in [0.25, 0.3) is 0 Å². The van der Waals surface area contributed by atoms with E-state index in [1.165, 1.54) is 13.2 Å². The molecule has 0 radical (unpaired) electrons. The molecule has 1 heterocycles. The number of hydrogen-bond acceptors (Lipinski definition) is 5. The molecule has 0 aliphatic heterocycles. The minimum Gasteiger partial charge on any atom is -0.493 e. The average molecular weight is 313 g/mol. The van der Waals surface area contributed by atoms with Crippen molar-refractivity contribution < 1.29 is 4.74 Å². The van der Waals surface area contributed by atoms with Crippen LogP contribution in [-0.2, 0) is 6.54 Å². The monoisotopic (exact) mass is 313 g/mol. The number of nitrogens with one attached hydrogen (secondary N) is 2. The molecule has 2 aromatic rings. The normalized spacial score (nSPS) is 10.3. The molecule has 1 aromatic heterocycles. The van der Waals surface area contributed by atoms with Crippen molar-refractivity contribution in [3.05, 3.63) is 64.6 Å². The maximum Gasteiger partial charge on any atom is 0.220 e. The number of unbranched alkanes of at least 4 members (excludes halogenated alkanes) is 1. The topological polar surface area (TPSA) is 63.2 Å². The third-order valence-electron chi connectivity index (χ3n) is 3.41. The van der Waals surface area contributed by atoms with E-state index in [0.717, 1.165) is 43.9 Å². The maximum absolute atomic E-state index is 11.6. The molecule has 0 saturated heterocycles. The van der Waals surface area contributed by atoms with Crippen LogP contribution in [-0.4, -0.2) is 25.2 Å². The van der Waals surface area contributed by atoms with Gasteiger partial charge in [0.2, 0.25) is 5.43 Å². The highest BCUT2D eigenvalue weighted by molar-refractivity contribution is 5.46. The Morgan fingerprint density at radius 1 is 1.09 bits per heavy atom. The van der Waals surface area contributed by atoms with E-state index < -0.39 is 0 Å².